The summed E-state index contributed by atoms with van der Waals surface area (Å²) < 4.78 is 11.7. The molecule has 0 aliphatic carbocycles. The van der Waals surface area contributed by atoms with Crippen molar-refractivity contribution in [3.8, 4) is 5.75 Å². The molecule has 11 heteroatoms. The zero-order valence-electron chi connectivity index (χ0n) is 28.1. The van der Waals surface area contributed by atoms with Gasteiger partial charge in [-0.2, -0.15) is 0 Å². The van der Waals surface area contributed by atoms with Crippen LogP contribution in [-0.4, -0.2) is 122 Å². The van der Waals surface area contributed by atoms with E-state index in [0.717, 1.165) is 79.1 Å². The Morgan fingerprint density at radius 3 is 2.21 bits per heavy atom. The molecule has 11 nitrogen and oxygen atoms in total. The lowest BCUT2D eigenvalue weighted by Crippen LogP contribution is -2.54. The average molecular weight is 649 g/mol. The fourth-order valence-electron chi connectivity index (χ4n) is 7.87. The molecule has 256 valence electrons. The number of ether oxygens (including phenoxy) is 2. The number of hydrogen-bond donors (Lipinski definition) is 2. The Balaban J connectivity index is 0.00000451. The normalized spacial score (nSPS) is 20.7. The second-order valence-electron chi connectivity index (χ2n) is 13.4. The van der Waals surface area contributed by atoms with Crippen LogP contribution in [0.4, 0.5) is 15.3 Å². The summed E-state index contributed by atoms with van der Waals surface area (Å²) in [6, 6.07) is 12.4. The van der Waals surface area contributed by atoms with Crippen LogP contribution in [0.25, 0.3) is 0 Å². The third-order valence-corrected chi connectivity index (χ3v) is 10.4. The number of para-hydroxylation sites is 1. The summed E-state index contributed by atoms with van der Waals surface area (Å²) in [5.74, 6) is 0.701. The average Bonchev–Trinajstić information content (AvgIpc) is 3.26. The standard InChI is InChI=1S/C36H50N6O5.H2/c1-25-22-27(23-26(2)33(25)46-3)24-32(34(43)40-15-9-29(10-16-40)39-20-13-37-14-21-39)47-36(45)41-17-11-30(12-18-41)42-19-8-28-6-4-5-7-31(28)38-35(42)44;/h4-7,22-23,29-30,32,37H,8-21,24H2,1-3H3,(H,38,44);1H/t32-;/m1./s1. The second kappa shape index (κ2) is 14.9. The van der Waals surface area contributed by atoms with Crippen molar-refractivity contribution in [2.45, 2.75) is 70.6 Å². The molecule has 4 aliphatic heterocycles. The monoisotopic (exact) mass is 648 g/mol. The molecule has 2 aromatic carbocycles. The minimum Gasteiger partial charge on any atom is -0.496 e. The highest BCUT2D eigenvalue weighted by Crippen LogP contribution is 2.28. The highest BCUT2D eigenvalue weighted by atomic mass is 16.6. The molecule has 1 atom stereocenters. The van der Waals surface area contributed by atoms with Crippen LogP contribution in [0, 0.1) is 13.8 Å². The largest absolute Gasteiger partial charge is 0.496 e. The molecular weight excluding hydrogens is 596 g/mol. The number of aryl methyl sites for hydroxylation is 2. The number of carbonyl (C=O) groups excluding carboxylic acids is 3. The number of nitrogens with one attached hydrogen (secondary N) is 2. The van der Waals surface area contributed by atoms with Crippen LogP contribution in [-0.2, 0) is 22.4 Å². The van der Waals surface area contributed by atoms with Gasteiger partial charge in [-0.3, -0.25) is 9.69 Å². The maximum Gasteiger partial charge on any atom is 0.410 e. The number of rotatable bonds is 7. The van der Waals surface area contributed by atoms with Crippen LogP contribution in [0.15, 0.2) is 36.4 Å². The highest BCUT2D eigenvalue weighted by Gasteiger charge is 2.36. The molecule has 3 saturated heterocycles. The SMILES string of the molecule is COc1c(C)cc(C[C@@H](OC(=O)N2CCC(N3CCc4ccccc4NC3=O)CC2)C(=O)N2CCC(N3CCNCC3)CC2)cc1C.[HH]. The predicted octanol–water partition coefficient (Wildman–Crippen LogP) is 4.06. The van der Waals surface area contributed by atoms with Gasteiger partial charge in [-0.15, -0.1) is 0 Å². The minimum atomic E-state index is -0.918. The summed E-state index contributed by atoms with van der Waals surface area (Å²) in [6.07, 6.45) is 2.88. The number of methoxy groups -OCH3 is 1. The van der Waals surface area contributed by atoms with Gasteiger partial charge in [0.15, 0.2) is 6.10 Å². The number of benzene rings is 2. The number of carbonyl (C=O) groups is 3. The van der Waals surface area contributed by atoms with Crippen molar-refractivity contribution in [2.75, 3.05) is 71.3 Å². The first-order valence-electron chi connectivity index (χ1n) is 17.3. The van der Waals surface area contributed by atoms with E-state index < -0.39 is 12.2 Å². The van der Waals surface area contributed by atoms with Crippen LogP contribution in [0.5, 0.6) is 5.75 Å². The fraction of sp³-hybridized carbons (Fsp3) is 0.583. The van der Waals surface area contributed by atoms with E-state index in [-0.39, 0.29) is 19.4 Å². The van der Waals surface area contributed by atoms with Crippen molar-refractivity contribution in [2.24, 2.45) is 0 Å². The maximum absolute atomic E-state index is 14.0. The first kappa shape index (κ1) is 33.1. The van der Waals surface area contributed by atoms with E-state index in [0.29, 0.717) is 58.0 Å². The second-order valence-corrected chi connectivity index (χ2v) is 13.4. The molecule has 2 aromatic rings. The lowest BCUT2D eigenvalue weighted by Gasteiger charge is -2.41. The van der Waals surface area contributed by atoms with E-state index in [2.05, 4.69) is 21.6 Å². The summed E-state index contributed by atoms with van der Waals surface area (Å²) in [5.41, 5.74) is 4.91. The van der Waals surface area contributed by atoms with Crippen LogP contribution in [0.2, 0.25) is 0 Å². The van der Waals surface area contributed by atoms with Gasteiger partial charge >= 0.3 is 12.1 Å². The summed E-state index contributed by atoms with van der Waals surface area (Å²) in [6.45, 7) is 11.0. The van der Waals surface area contributed by atoms with Crippen molar-refractivity contribution in [1.29, 1.82) is 0 Å². The fourth-order valence-corrected chi connectivity index (χ4v) is 7.87. The summed E-state index contributed by atoms with van der Waals surface area (Å²) >= 11 is 0. The Morgan fingerprint density at radius 1 is 0.894 bits per heavy atom. The number of urea groups is 1. The van der Waals surface area contributed by atoms with E-state index in [1.54, 1.807) is 12.0 Å². The van der Waals surface area contributed by atoms with Crippen molar-refractivity contribution < 1.29 is 25.3 Å². The molecule has 4 amide bonds. The number of amides is 4. The lowest BCUT2D eigenvalue weighted by atomic mass is 9.98. The molecule has 3 fully saturated rings. The molecule has 0 saturated carbocycles. The summed E-state index contributed by atoms with van der Waals surface area (Å²) in [7, 11) is 1.66. The Hall–Kier alpha value is -3.83. The van der Waals surface area contributed by atoms with Gasteiger partial charge in [0.25, 0.3) is 5.91 Å². The Kier molecular flexibility index (Phi) is 10.5. The van der Waals surface area contributed by atoms with Crippen LogP contribution >= 0.6 is 0 Å². The van der Waals surface area contributed by atoms with Gasteiger partial charge in [-0.05, 0) is 74.3 Å². The van der Waals surface area contributed by atoms with Gasteiger partial charge in [-0.1, -0.05) is 30.3 Å². The predicted molar refractivity (Wildman–Crippen MR) is 183 cm³/mol. The quantitative estimate of drug-likeness (QED) is 0.467. The molecule has 4 heterocycles. The van der Waals surface area contributed by atoms with Crippen molar-refractivity contribution in [3.05, 3.63) is 58.7 Å². The van der Waals surface area contributed by atoms with E-state index in [4.69, 9.17) is 9.47 Å². The first-order valence-corrected chi connectivity index (χ1v) is 17.3. The van der Waals surface area contributed by atoms with Crippen LogP contribution in [0.1, 0.15) is 49.4 Å². The number of anilines is 1. The van der Waals surface area contributed by atoms with Crippen molar-refractivity contribution >= 4 is 23.7 Å². The molecular formula is C36H52N6O5. The lowest BCUT2D eigenvalue weighted by molar-refractivity contribution is -0.142. The van der Waals surface area contributed by atoms with Gasteiger partial charge in [0.05, 0.1) is 7.11 Å². The number of likely N-dealkylation sites (tertiary alicyclic amines) is 2. The van der Waals surface area contributed by atoms with Gasteiger partial charge in [0.2, 0.25) is 0 Å². The highest BCUT2D eigenvalue weighted by molar-refractivity contribution is 5.91. The molecule has 0 spiro atoms. The van der Waals surface area contributed by atoms with Gasteiger partial charge in [-0.25, -0.2) is 9.59 Å². The maximum atomic E-state index is 14.0. The summed E-state index contributed by atoms with van der Waals surface area (Å²) in [4.78, 5) is 48.8. The smallest absolute Gasteiger partial charge is 0.410 e. The Bertz CT molecular complexity index is 1410. The van der Waals surface area contributed by atoms with Crippen LogP contribution in [0.3, 0.4) is 0 Å². The van der Waals surface area contributed by atoms with E-state index >= 15 is 0 Å². The molecule has 4 aliphatic rings. The molecule has 0 unspecified atom stereocenters. The van der Waals surface area contributed by atoms with Crippen LogP contribution < -0.4 is 15.4 Å². The minimum absolute atomic E-state index is 0. The number of piperidine rings is 2. The van der Waals surface area contributed by atoms with Gasteiger partial charge in [0.1, 0.15) is 5.75 Å². The molecule has 0 bridgehead atoms. The van der Waals surface area contributed by atoms with Gasteiger partial charge < -0.3 is 34.8 Å². The van der Waals surface area contributed by atoms with Crippen molar-refractivity contribution in [3.63, 3.8) is 0 Å². The Labute approximate surface area is 280 Å². The van der Waals surface area contributed by atoms with Gasteiger partial charge in [0, 0.05) is 84.5 Å². The topological polar surface area (TPSA) is 107 Å². The molecule has 2 N–H and O–H groups in total. The number of fused-ring (bicyclic) bond motifs is 1. The third-order valence-electron chi connectivity index (χ3n) is 10.4. The molecule has 0 aromatic heterocycles. The third kappa shape index (κ3) is 7.67. The number of piperazine rings is 1. The molecule has 0 radical (unpaired) electrons. The van der Waals surface area contributed by atoms with E-state index in [1.807, 2.05) is 54.0 Å². The van der Waals surface area contributed by atoms with E-state index in [1.165, 1.54) is 0 Å². The molecule has 6 rings (SSSR count). The van der Waals surface area contributed by atoms with E-state index in [9.17, 15) is 14.4 Å². The molecule has 47 heavy (non-hydrogen) atoms. The zero-order valence-corrected chi connectivity index (χ0v) is 28.1. The van der Waals surface area contributed by atoms with Crippen molar-refractivity contribution in [1.82, 2.24) is 24.9 Å². The number of nitrogens with zero attached hydrogens (tertiary/aromatic N) is 4. The first-order chi connectivity index (χ1) is 22.8. The summed E-state index contributed by atoms with van der Waals surface area (Å²) in [5, 5.41) is 6.48. The Morgan fingerprint density at radius 2 is 1.53 bits per heavy atom. The number of hydrogen-bond acceptors (Lipinski definition) is 7. The zero-order chi connectivity index (χ0) is 32.9.